The lowest BCUT2D eigenvalue weighted by Crippen LogP contribution is -2.33. The molecule has 4 aromatic heterocycles. The third-order valence-electron chi connectivity index (χ3n) is 7.91. The van der Waals surface area contributed by atoms with Gasteiger partial charge in [0.15, 0.2) is 11.4 Å². The number of aromatic nitrogens is 4. The van der Waals surface area contributed by atoms with Crippen LogP contribution in [0, 0.1) is 5.92 Å². The number of pyridine rings is 1. The fourth-order valence-corrected chi connectivity index (χ4v) is 6.18. The zero-order valence-electron chi connectivity index (χ0n) is 23.6. The van der Waals surface area contributed by atoms with Crippen molar-refractivity contribution < 1.29 is 9.59 Å². The van der Waals surface area contributed by atoms with Crippen molar-refractivity contribution in [2.45, 2.75) is 46.1 Å². The first-order chi connectivity index (χ1) is 19.4. The molecule has 2 atom stereocenters. The standard InChI is InChI=1S/C30H37N7O2S/c1-5-35(6-2)20(3)9-10-26(38)22-16-25(33-28(17-22)36-13-11-21(19-36)30(39)31-4)23-18-32-37-14-12-24(34-29(23)37)27-8-7-15-40-27/h7-8,12,14-18,20-21H,5-6,9-11,13,19H2,1-4H3,(H,31,39)/t20-,21-/m0/s1. The summed E-state index contributed by atoms with van der Waals surface area (Å²) < 4.78 is 1.74. The van der Waals surface area contributed by atoms with E-state index in [4.69, 9.17) is 9.97 Å². The van der Waals surface area contributed by atoms with Crippen molar-refractivity contribution in [3.8, 4) is 21.8 Å². The van der Waals surface area contributed by atoms with Crippen LogP contribution in [0.2, 0.25) is 0 Å². The van der Waals surface area contributed by atoms with Crippen LogP contribution in [0.4, 0.5) is 5.82 Å². The van der Waals surface area contributed by atoms with E-state index in [2.05, 4.69) is 41.0 Å². The number of Topliss-reactive ketones (excluding diaryl/α,β-unsaturated/α-hetero) is 1. The molecule has 1 saturated heterocycles. The Bertz CT molecular complexity index is 1480. The van der Waals surface area contributed by atoms with E-state index in [9.17, 15) is 9.59 Å². The summed E-state index contributed by atoms with van der Waals surface area (Å²) >= 11 is 1.64. The fourth-order valence-electron chi connectivity index (χ4n) is 5.49. The maximum atomic E-state index is 13.6. The summed E-state index contributed by atoms with van der Waals surface area (Å²) in [5.74, 6) is 0.734. The molecule has 0 radical (unpaired) electrons. The van der Waals surface area contributed by atoms with E-state index in [1.807, 2.05) is 41.9 Å². The molecule has 5 rings (SSSR count). The molecule has 0 bridgehead atoms. The minimum absolute atomic E-state index is 0.0354. The molecular weight excluding hydrogens is 522 g/mol. The van der Waals surface area contributed by atoms with Crippen molar-refractivity contribution >= 4 is 34.5 Å². The Morgan fingerprint density at radius 2 is 2.00 bits per heavy atom. The molecule has 10 heteroatoms. The van der Waals surface area contributed by atoms with Crippen LogP contribution in [-0.4, -0.2) is 75.4 Å². The van der Waals surface area contributed by atoms with Crippen molar-refractivity contribution in [2.75, 3.05) is 38.1 Å². The molecule has 0 aromatic carbocycles. The lowest BCUT2D eigenvalue weighted by molar-refractivity contribution is -0.123. The van der Waals surface area contributed by atoms with Crippen LogP contribution >= 0.6 is 11.3 Å². The Balaban J connectivity index is 1.51. The molecule has 1 aliphatic rings. The smallest absolute Gasteiger partial charge is 0.224 e. The normalized spacial score (nSPS) is 16.1. The van der Waals surface area contributed by atoms with Gasteiger partial charge in [-0.2, -0.15) is 5.10 Å². The van der Waals surface area contributed by atoms with E-state index < -0.39 is 0 Å². The molecule has 1 N–H and O–H groups in total. The number of anilines is 1. The van der Waals surface area contributed by atoms with Gasteiger partial charge in [-0.25, -0.2) is 14.5 Å². The number of ketones is 1. The molecule has 0 spiro atoms. The van der Waals surface area contributed by atoms with Crippen LogP contribution in [0.3, 0.4) is 0 Å². The van der Waals surface area contributed by atoms with Crippen LogP contribution in [0.15, 0.2) is 48.1 Å². The van der Waals surface area contributed by atoms with Gasteiger partial charge < -0.3 is 15.1 Å². The van der Waals surface area contributed by atoms with Crippen molar-refractivity contribution in [3.63, 3.8) is 0 Å². The van der Waals surface area contributed by atoms with Gasteiger partial charge in [-0.05, 0) is 62.5 Å². The first-order valence-corrected chi connectivity index (χ1v) is 14.9. The van der Waals surface area contributed by atoms with Gasteiger partial charge >= 0.3 is 0 Å². The zero-order valence-corrected chi connectivity index (χ0v) is 24.4. The number of hydrogen-bond donors (Lipinski definition) is 1. The highest BCUT2D eigenvalue weighted by molar-refractivity contribution is 7.13. The van der Waals surface area contributed by atoms with Gasteiger partial charge in [0.25, 0.3) is 0 Å². The Morgan fingerprint density at radius 1 is 1.18 bits per heavy atom. The van der Waals surface area contributed by atoms with Gasteiger partial charge in [-0.3, -0.25) is 9.59 Å². The molecule has 0 unspecified atom stereocenters. The summed E-state index contributed by atoms with van der Waals surface area (Å²) in [5, 5.41) is 9.32. The van der Waals surface area contributed by atoms with Crippen molar-refractivity contribution in [2.24, 2.45) is 5.92 Å². The fraction of sp³-hybridized carbons (Fsp3) is 0.433. The number of nitrogens with zero attached hydrogens (tertiary/aromatic N) is 6. The second-order valence-corrected chi connectivity index (χ2v) is 11.2. The Hall–Kier alpha value is -3.63. The summed E-state index contributed by atoms with van der Waals surface area (Å²) in [7, 11) is 1.67. The molecule has 5 heterocycles. The second kappa shape index (κ2) is 12.3. The van der Waals surface area contributed by atoms with Gasteiger partial charge in [0, 0.05) is 44.4 Å². The van der Waals surface area contributed by atoms with Crippen molar-refractivity contribution in [1.82, 2.24) is 29.8 Å². The highest BCUT2D eigenvalue weighted by Gasteiger charge is 2.29. The summed E-state index contributed by atoms with van der Waals surface area (Å²) in [6, 6.07) is 10.1. The number of amides is 1. The molecule has 0 saturated carbocycles. The van der Waals surface area contributed by atoms with E-state index in [1.165, 1.54) is 0 Å². The number of hydrogen-bond acceptors (Lipinski definition) is 8. The van der Waals surface area contributed by atoms with E-state index in [0.29, 0.717) is 48.3 Å². The van der Waals surface area contributed by atoms with Crippen LogP contribution in [0.25, 0.3) is 27.5 Å². The topological polar surface area (TPSA) is 95.7 Å². The van der Waals surface area contributed by atoms with Crippen molar-refractivity contribution in [1.29, 1.82) is 0 Å². The third kappa shape index (κ3) is 5.78. The van der Waals surface area contributed by atoms with E-state index in [-0.39, 0.29) is 17.6 Å². The number of carbonyl (C=O) groups excluding carboxylic acids is 2. The van der Waals surface area contributed by atoms with Crippen LogP contribution in [-0.2, 0) is 4.79 Å². The number of carbonyl (C=O) groups is 2. The summed E-state index contributed by atoms with van der Waals surface area (Å²) in [6.45, 7) is 9.69. The van der Waals surface area contributed by atoms with Gasteiger partial charge in [-0.1, -0.05) is 19.9 Å². The quantitative estimate of drug-likeness (QED) is 0.264. The predicted octanol–water partition coefficient (Wildman–Crippen LogP) is 4.79. The number of fused-ring (bicyclic) bond motifs is 1. The largest absolute Gasteiger partial charge is 0.359 e. The second-order valence-electron chi connectivity index (χ2n) is 10.3. The average Bonchev–Trinajstić information content (AvgIpc) is 3.76. The number of thiophene rings is 1. The van der Waals surface area contributed by atoms with Crippen LogP contribution in [0.5, 0.6) is 0 Å². The molecular formula is C30H37N7O2S. The summed E-state index contributed by atoms with van der Waals surface area (Å²) in [5.41, 5.74) is 3.62. The molecule has 4 aromatic rings. The Morgan fingerprint density at radius 3 is 2.73 bits per heavy atom. The summed E-state index contributed by atoms with van der Waals surface area (Å²) in [6.07, 6.45) is 5.66. The molecule has 1 aliphatic heterocycles. The van der Waals surface area contributed by atoms with Gasteiger partial charge in [0.1, 0.15) is 5.82 Å². The SMILES string of the molecule is CCN(CC)[C@@H](C)CCC(=O)c1cc(-c2cnn3ccc(-c4cccs4)nc23)nc(N2CC[C@H](C(=O)NC)C2)c1. The minimum Gasteiger partial charge on any atom is -0.359 e. The zero-order chi connectivity index (χ0) is 28.2. The number of rotatable bonds is 11. The molecule has 1 fully saturated rings. The van der Waals surface area contributed by atoms with E-state index in [0.717, 1.165) is 42.1 Å². The predicted molar refractivity (Wildman–Crippen MR) is 160 cm³/mol. The van der Waals surface area contributed by atoms with Gasteiger partial charge in [0.05, 0.1) is 33.9 Å². The Labute approximate surface area is 239 Å². The first kappa shape index (κ1) is 27.9. The van der Waals surface area contributed by atoms with Gasteiger partial charge in [-0.15, -0.1) is 11.3 Å². The first-order valence-electron chi connectivity index (χ1n) is 14.1. The minimum atomic E-state index is -0.100. The maximum Gasteiger partial charge on any atom is 0.224 e. The van der Waals surface area contributed by atoms with E-state index >= 15 is 0 Å². The summed E-state index contributed by atoms with van der Waals surface area (Å²) in [4.78, 5) is 41.3. The molecule has 210 valence electrons. The van der Waals surface area contributed by atoms with Crippen LogP contribution in [0.1, 0.15) is 50.4 Å². The molecule has 9 nitrogen and oxygen atoms in total. The highest BCUT2D eigenvalue weighted by atomic mass is 32.1. The lowest BCUT2D eigenvalue weighted by Gasteiger charge is -2.26. The number of nitrogens with one attached hydrogen (secondary N) is 1. The Kier molecular flexibility index (Phi) is 8.56. The van der Waals surface area contributed by atoms with Crippen molar-refractivity contribution in [3.05, 3.63) is 53.7 Å². The molecule has 40 heavy (non-hydrogen) atoms. The average molecular weight is 560 g/mol. The van der Waals surface area contributed by atoms with Gasteiger partial charge in [0.2, 0.25) is 5.91 Å². The van der Waals surface area contributed by atoms with E-state index in [1.54, 1.807) is 29.1 Å². The molecule has 0 aliphatic carbocycles. The van der Waals surface area contributed by atoms with Crippen LogP contribution < -0.4 is 10.2 Å². The maximum absolute atomic E-state index is 13.6. The third-order valence-corrected chi connectivity index (χ3v) is 8.80. The highest BCUT2D eigenvalue weighted by Crippen LogP contribution is 2.31. The molecule has 1 amide bonds. The monoisotopic (exact) mass is 559 g/mol. The lowest BCUT2D eigenvalue weighted by atomic mass is 10.0.